The van der Waals surface area contributed by atoms with Gasteiger partial charge in [0.05, 0.1) is 5.56 Å². The fraction of sp³-hybridized carbons (Fsp3) is 0.0909. The molecule has 17 heavy (non-hydrogen) atoms. The van der Waals surface area contributed by atoms with E-state index in [-0.39, 0.29) is 5.91 Å². The van der Waals surface area contributed by atoms with Crippen molar-refractivity contribution in [3.63, 3.8) is 0 Å². The predicted octanol–water partition coefficient (Wildman–Crippen LogP) is 2.94. The Morgan fingerprint density at radius 2 is 2.29 bits per heavy atom. The molecule has 4 nitrogen and oxygen atoms in total. The third-order valence-corrected chi connectivity index (χ3v) is 3.16. The number of amides is 1. The number of nitrogens with two attached hydrogens (primary N) is 1. The van der Waals surface area contributed by atoms with Gasteiger partial charge in [0, 0.05) is 22.3 Å². The fourth-order valence-corrected chi connectivity index (χ4v) is 2.19. The molecule has 0 aliphatic heterocycles. The normalized spacial score (nSPS) is 10.2. The molecular weight excluding hydrogens is 258 g/mol. The van der Waals surface area contributed by atoms with Gasteiger partial charge >= 0.3 is 0 Å². The molecule has 0 saturated heterocycles. The Kier molecular flexibility index (Phi) is 3.31. The lowest BCUT2D eigenvalue weighted by Gasteiger charge is -2.08. The van der Waals surface area contributed by atoms with Crippen LogP contribution >= 0.6 is 22.9 Å². The molecule has 0 aliphatic carbocycles. The summed E-state index contributed by atoms with van der Waals surface area (Å²) in [5.74, 6) is -0.303. The second-order valence-electron chi connectivity index (χ2n) is 3.48. The van der Waals surface area contributed by atoms with Crippen LogP contribution in [0.15, 0.2) is 23.7 Å². The minimum absolute atomic E-state index is 0.303. The number of hydrogen-bond acceptors (Lipinski definition) is 4. The maximum absolute atomic E-state index is 12.0. The van der Waals surface area contributed by atoms with Gasteiger partial charge in [0.2, 0.25) is 0 Å². The molecule has 0 radical (unpaired) electrons. The van der Waals surface area contributed by atoms with E-state index in [2.05, 4.69) is 10.3 Å². The van der Waals surface area contributed by atoms with Crippen molar-refractivity contribution in [3.8, 4) is 0 Å². The van der Waals surface area contributed by atoms with E-state index < -0.39 is 0 Å². The number of thiazole rings is 1. The van der Waals surface area contributed by atoms with E-state index in [1.54, 1.807) is 30.6 Å². The lowest BCUT2D eigenvalue weighted by atomic mass is 10.1. The van der Waals surface area contributed by atoms with Gasteiger partial charge in [-0.05, 0) is 24.6 Å². The van der Waals surface area contributed by atoms with Gasteiger partial charge in [-0.25, -0.2) is 4.98 Å². The molecule has 1 amide bonds. The van der Waals surface area contributed by atoms with Gasteiger partial charge in [0.1, 0.15) is 0 Å². The van der Waals surface area contributed by atoms with Crippen LogP contribution in [0.2, 0.25) is 5.02 Å². The maximum atomic E-state index is 12.0. The van der Waals surface area contributed by atoms with E-state index in [0.29, 0.717) is 21.4 Å². The molecule has 1 aromatic heterocycles. The Labute approximate surface area is 107 Å². The van der Waals surface area contributed by atoms with Crippen molar-refractivity contribution in [2.24, 2.45) is 0 Å². The van der Waals surface area contributed by atoms with Gasteiger partial charge in [0.25, 0.3) is 5.91 Å². The van der Waals surface area contributed by atoms with Gasteiger partial charge in [-0.3, -0.25) is 10.1 Å². The summed E-state index contributed by atoms with van der Waals surface area (Å²) in [6.07, 6.45) is 1.62. The van der Waals surface area contributed by atoms with Crippen LogP contribution in [0.4, 0.5) is 10.8 Å². The van der Waals surface area contributed by atoms with Crippen molar-refractivity contribution in [1.82, 2.24) is 4.98 Å². The highest BCUT2D eigenvalue weighted by molar-refractivity contribution is 7.13. The molecule has 0 bridgehead atoms. The van der Waals surface area contributed by atoms with Crippen molar-refractivity contribution >= 4 is 39.7 Å². The van der Waals surface area contributed by atoms with Crippen LogP contribution in [0.1, 0.15) is 15.9 Å². The molecule has 1 aromatic carbocycles. The Morgan fingerprint density at radius 1 is 1.53 bits per heavy atom. The first-order valence-corrected chi connectivity index (χ1v) is 6.10. The monoisotopic (exact) mass is 267 g/mol. The Balaban J connectivity index is 2.31. The van der Waals surface area contributed by atoms with Crippen molar-refractivity contribution in [1.29, 1.82) is 0 Å². The third-order valence-electron chi connectivity index (χ3n) is 2.25. The van der Waals surface area contributed by atoms with Crippen LogP contribution in [-0.2, 0) is 0 Å². The first-order chi connectivity index (χ1) is 8.08. The third kappa shape index (κ3) is 2.57. The summed E-state index contributed by atoms with van der Waals surface area (Å²) in [6.45, 7) is 1.81. The highest BCUT2D eigenvalue weighted by Crippen LogP contribution is 2.24. The number of nitrogen functional groups attached to an aromatic ring is 1. The molecule has 0 spiro atoms. The number of carbonyl (C=O) groups is 1. The molecule has 3 N–H and O–H groups in total. The van der Waals surface area contributed by atoms with E-state index in [4.69, 9.17) is 17.3 Å². The Bertz CT molecular complexity index is 554. The van der Waals surface area contributed by atoms with Crippen molar-refractivity contribution in [2.75, 3.05) is 11.1 Å². The van der Waals surface area contributed by atoms with Crippen LogP contribution in [0.3, 0.4) is 0 Å². The summed E-state index contributed by atoms with van der Waals surface area (Å²) >= 11 is 7.24. The SMILES string of the molecule is Cc1cc(Cl)cc(C(=O)Nc2nccs2)c1N. The van der Waals surface area contributed by atoms with Gasteiger partial charge in [-0.2, -0.15) is 0 Å². The number of rotatable bonds is 2. The van der Waals surface area contributed by atoms with Gasteiger partial charge in [0.15, 0.2) is 5.13 Å². The molecule has 2 rings (SSSR count). The number of carbonyl (C=O) groups excluding carboxylic acids is 1. The summed E-state index contributed by atoms with van der Waals surface area (Å²) in [7, 11) is 0. The minimum Gasteiger partial charge on any atom is -0.398 e. The van der Waals surface area contributed by atoms with E-state index in [9.17, 15) is 4.79 Å². The van der Waals surface area contributed by atoms with Crippen LogP contribution < -0.4 is 11.1 Å². The van der Waals surface area contributed by atoms with Crippen molar-refractivity contribution < 1.29 is 4.79 Å². The number of anilines is 2. The molecule has 1 heterocycles. The zero-order chi connectivity index (χ0) is 12.4. The number of nitrogens with one attached hydrogen (secondary N) is 1. The average Bonchev–Trinajstić information content (AvgIpc) is 2.76. The summed E-state index contributed by atoms with van der Waals surface area (Å²) in [5.41, 5.74) is 7.42. The number of aromatic nitrogens is 1. The second kappa shape index (κ2) is 4.73. The minimum atomic E-state index is -0.303. The molecule has 2 aromatic rings. The number of hydrogen-bond donors (Lipinski definition) is 2. The van der Waals surface area contributed by atoms with Crippen LogP contribution in [0, 0.1) is 6.92 Å². The molecule has 0 saturated carbocycles. The summed E-state index contributed by atoms with van der Waals surface area (Å²) in [6, 6.07) is 3.27. The van der Waals surface area contributed by atoms with E-state index in [1.807, 2.05) is 0 Å². The van der Waals surface area contributed by atoms with Gasteiger partial charge in [-0.1, -0.05) is 11.6 Å². The first kappa shape index (κ1) is 11.9. The predicted molar refractivity (Wildman–Crippen MR) is 70.7 cm³/mol. The highest BCUT2D eigenvalue weighted by atomic mass is 35.5. The molecule has 0 unspecified atom stereocenters. The average molecular weight is 268 g/mol. The van der Waals surface area contributed by atoms with Gasteiger partial charge < -0.3 is 5.73 Å². The Hall–Kier alpha value is -1.59. The standard InChI is InChI=1S/C11H10ClN3OS/c1-6-4-7(12)5-8(9(6)13)10(16)15-11-14-2-3-17-11/h2-5H,13H2,1H3,(H,14,15,16). The second-order valence-corrected chi connectivity index (χ2v) is 4.81. The smallest absolute Gasteiger partial charge is 0.259 e. The zero-order valence-corrected chi connectivity index (χ0v) is 10.6. The van der Waals surface area contributed by atoms with E-state index in [0.717, 1.165) is 5.56 Å². The topological polar surface area (TPSA) is 68.0 Å². The van der Waals surface area contributed by atoms with Crippen LogP contribution in [0.25, 0.3) is 0 Å². The molecule has 6 heteroatoms. The lowest BCUT2D eigenvalue weighted by molar-refractivity contribution is 0.102. The van der Waals surface area contributed by atoms with Crippen molar-refractivity contribution in [3.05, 3.63) is 39.9 Å². The van der Waals surface area contributed by atoms with Crippen LogP contribution in [-0.4, -0.2) is 10.9 Å². The fourth-order valence-electron chi connectivity index (χ4n) is 1.39. The quantitative estimate of drug-likeness (QED) is 0.822. The summed E-state index contributed by atoms with van der Waals surface area (Å²) in [4.78, 5) is 15.9. The number of halogens is 1. The number of benzene rings is 1. The molecule has 0 aliphatic rings. The molecular formula is C11H10ClN3OS. The highest BCUT2D eigenvalue weighted by Gasteiger charge is 2.13. The van der Waals surface area contributed by atoms with Crippen molar-refractivity contribution in [2.45, 2.75) is 6.92 Å². The maximum Gasteiger partial charge on any atom is 0.259 e. The zero-order valence-electron chi connectivity index (χ0n) is 9.03. The largest absolute Gasteiger partial charge is 0.398 e. The van der Waals surface area contributed by atoms with E-state index >= 15 is 0 Å². The first-order valence-electron chi connectivity index (χ1n) is 4.84. The molecule has 0 atom stereocenters. The molecule has 0 fully saturated rings. The lowest BCUT2D eigenvalue weighted by Crippen LogP contribution is -2.14. The summed E-state index contributed by atoms with van der Waals surface area (Å²) in [5, 5.41) is 5.46. The summed E-state index contributed by atoms with van der Waals surface area (Å²) < 4.78 is 0. The molecule has 88 valence electrons. The van der Waals surface area contributed by atoms with Gasteiger partial charge in [-0.15, -0.1) is 11.3 Å². The van der Waals surface area contributed by atoms with E-state index in [1.165, 1.54) is 11.3 Å². The Morgan fingerprint density at radius 3 is 2.94 bits per heavy atom. The number of nitrogens with zero attached hydrogens (tertiary/aromatic N) is 1. The number of aryl methyl sites for hydroxylation is 1. The van der Waals surface area contributed by atoms with Crippen LogP contribution in [0.5, 0.6) is 0 Å².